The molecule has 0 unspecified atom stereocenters. The lowest BCUT2D eigenvalue weighted by molar-refractivity contribution is -0.116. The normalized spacial score (nSPS) is 10.9. The van der Waals surface area contributed by atoms with Crippen molar-refractivity contribution in [1.29, 1.82) is 0 Å². The number of nitrogens with zero attached hydrogens (tertiary/aromatic N) is 2. The van der Waals surface area contributed by atoms with Crippen LogP contribution < -0.4 is 5.32 Å². The number of hydrogen-bond acceptors (Lipinski definition) is 2. The molecule has 0 saturated carbocycles. The first kappa shape index (κ1) is 18.2. The number of rotatable bonds is 5. The van der Waals surface area contributed by atoms with Crippen molar-refractivity contribution in [1.82, 2.24) is 9.38 Å². The summed E-state index contributed by atoms with van der Waals surface area (Å²) in [5, 5.41) is 3.39. The number of halogens is 2. The zero-order valence-electron chi connectivity index (χ0n) is 14.9. The van der Waals surface area contributed by atoms with E-state index in [1.807, 2.05) is 53.1 Å². The molecule has 4 rings (SSSR count). The number of imidazole rings is 1. The zero-order valence-corrected chi connectivity index (χ0v) is 15.7. The Morgan fingerprint density at radius 2 is 1.89 bits per heavy atom. The zero-order chi connectivity index (χ0) is 19.5. The van der Waals surface area contributed by atoms with Gasteiger partial charge in [-0.1, -0.05) is 35.9 Å². The molecule has 0 radical (unpaired) electrons. The quantitative estimate of drug-likeness (QED) is 0.495. The molecule has 0 aliphatic carbocycles. The minimum Gasteiger partial charge on any atom is -0.326 e. The molecule has 1 N–H and O–H groups in total. The fourth-order valence-corrected chi connectivity index (χ4v) is 3.27. The lowest BCUT2D eigenvalue weighted by Crippen LogP contribution is -2.13. The van der Waals surface area contributed by atoms with E-state index in [-0.39, 0.29) is 18.1 Å². The number of aromatic nitrogens is 2. The maximum absolute atomic E-state index is 13.3. The minimum atomic E-state index is -0.385. The smallest absolute Gasteiger partial charge is 0.224 e. The molecule has 2 aromatic carbocycles. The van der Waals surface area contributed by atoms with Gasteiger partial charge in [0.15, 0.2) is 0 Å². The Hall–Kier alpha value is -3.18. The Morgan fingerprint density at radius 1 is 1.07 bits per heavy atom. The predicted octanol–water partition coefficient (Wildman–Crippen LogP) is 5.37. The van der Waals surface area contributed by atoms with Crippen molar-refractivity contribution in [2.24, 2.45) is 0 Å². The Morgan fingerprint density at radius 3 is 2.68 bits per heavy atom. The highest BCUT2D eigenvalue weighted by Crippen LogP contribution is 2.27. The van der Waals surface area contributed by atoms with E-state index in [4.69, 9.17) is 16.6 Å². The number of aryl methyl sites for hydroxylation is 1. The molecule has 0 aliphatic rings. The maximum atomic E-state index is 13.3. The van der Waals surface area contributed by atoms with E-state index in [0.717, 1.165) is 22.6 Å². The van der Waals surface area contributed by atoms with Gasteiger partial charge >= 0.3 is 0 Å². The molecule has 4 nitrogen and oxygen atoms in total. The van der Waals surface area contributed by atoms with E-state index < -0.39 is 0 Å². The van der Waals surface area contributed by atoms with Gasteiger partial charge in [0.25, 0.3) is 0 Å². The second kappa shape index (κ2) is 7.82. The van der Waals surface area contributed by atoms with Gasteiger partial charge in [-0.15, -0.1) is 0 Å². The van der Waals surface area contributed by atoms with Gasteiger partial charge in [0.05, 0.1) is 11.4 Å². The van der Waals surface area contributed by atoms with Gasteiger partial charge in [0.2, 0.25) is 5.91 Å². The summed E-state index contributed by atoms with van der Waals surface area (Å²) in [7, 11) is 0. The van der Waals surface area contributed by atoms with Crippen LogP contribution in [0, 0.1) is 5.82 Å². The first-order chi connectivity index (χ1) is 13.6. The van der Waals surface area contributed by atoms with Crippen molar-refractivity contribution in [2.45, 2.75) is 12.8 Å². The Labute approximate surface area is 166 Å². The Bertz CT molecular complexity index is 1140. The average Bonchev–Trinajstić information content (AvgIpc) is 3.05. The van der Waals surface area contributed by atoms with Crippen LogP contribution >= 0.6 is 11.6 Å². The van der Waals surface area contributed by atoms with Crippen molar-refractivity contribution in [2.75, 3.05) is 5.32 Å². The molecular formula is C22H17ClFN3O. The van der Waals surface area contributed by atoms with E-state index in [1.54, 1.807) is 12.1 Å². The highest BCUT2D eigenvalue weighted by atomic mass is 35.5. The Kier molecular flexibility index (Phi) is 5.08. The SMILES string of the molecule is O=C(CCc1c(-c2ccc(Cl)cc2)nc2ccccn12)Nc1cccc(F)c1. The summed E-state index contributed by atoms with van der Waals surface area (Å²) < 4.78 is 15.3. The first-order valence-corrected chi connectivity index (χ1v) is 9.25. The number of amides is 1. The monoisotopic (exact) mass is 393 g/mol. The number of anilines is 1. The second-order valence-corrected chi connectivity index (χ2v) is 6.84. The van der Waals surface area contributed by atoms with Gasteiger partial charge in [-0.25, -0.2) is 9.37 Å². The lowest BCUT2D eigenvalue weighted by Gasteiger charge is -2.07. The molecule has 0 spiro atoms. The minimum absolute atomic E-state index is 0.182. The van der Waals surface area contributed by atoms with E-state index in [9.17, 15) is 9.18 Å². The van der Waals surface area contributed by atoms with E-state index in [1.165, 1.54) is 12.1 Å². The molecule has 1 amide bonds. The molecule has 0 bridgehead atoms. The predicted molar refractivity (Wildman–Crippen MR) is 109 cm³/mol. The molecule has 140 valence electrons. The lowest BCUT2D eigenvalue weighted by atomic mass is 10.1. The summed E-state index contributed by atoms with van der Waals surface area (Å²) in [5.41, 5.74) is 3.96. The first-order valence-electron chi connectivity index (χ1n) is 8.87. The van der Waals surface area contributed by atoms with Crippen LogP contribution in [0.4, 0.5) is 10.1 Å². The van der Waals surface area contributed by atoms with Gasteiger partial charge in [-0.3, -0.25) is 4.79 Å². The van der Waals surface area contributed by atoms with Crippen molar-refractivity contribution in [3.8, 4) is 11.3 Å². The molecule has 2 aromatic heterocycles. The van der Waals surface area contributed by atoms with Gasteiger partial charge in [-0.2, -0.15) is 0 Å². The van der Waals surface area contributed by atoms with Crippen LogP contribution in [0.3, 0.4) is 0 Å². The van der Waals surface area contributed by atoms with Gasteiger partial charge in [0.1, 0.15) is 11.5 Å². The number of carbonyl (C=O) groups is 1. The van der Waals surface area contributed by atoms with Crippen LogP contribution in [0.25, 0.3) is 16.9 Å². The molecule has 2 heterocycles. The van der Waals surface area contributed by atoms with Crippen LogP contribution in [0.2, 0.25) is 5.02 Å². The van der Waals surface area contributed by atoms with Crippen LogP contribution in [-0.2, 0) is 11.2 Å². The molecule has 6 heteroatoms. The van der Waals surface area contributed by atoms with Gasteiger partial charge in [-0.05, 0) is 48.9 Å². The molecule has 28 heavy (non-hydrogen) atoms. The van der Waals surface area contributed by atoms with Crippen molar-refractivity contribution in [3.05, 3.63) is 89.5 Å². The van der Waals surface area contributed by atoms with Crippen molar-refractivity contribution >= 4 is 28.8 Å². The van der Waals surface area contributed by atoms with Crippen LogP contribution in [0.15, 0.2) is 72.9 Å². The number of benzene rings is 2. The molecule has 0 fully saturated rings. The third kappa shape index (κ3) is 3.89. The van der Waals surface area contributed by atoms with Crippen molar-refractivity contribution < 1.29 is 9.18 Å². The molecule has 0 saturated heterocycles. The summed E-state index contributed by atoms with van der Waals surface area (Å²) in [4.78, 5) is 17.1. The largest absolute Gasteiger partial charge is 0.326 e. The average molecular weight is 394 g/mol. The number of carbonyl (C=O) groups excluding carboxylic acids is 1. The van der Waals surface area contributed by atoms with E-state index >= 15 is 0 Å². The third-order valence-electron chi connectivity index (χ3n) is 4.44. The summed E-state index contributed by atoms with van der Waals surface area (Å²) in [6.45, 7) is 0. The topological polar surface area (TPSA) is 46.4 Å². The van der Waals surface area contributed by atoms with E-state index in [0.29, 0.717) is 17.1 Å². The summed E-state index contributed by atoms with van der Waals surface area (Å²) in [6, 6.07) is 19.1. The van der Waals surface area contributed by atoms with E-state index in [2.05, 4.69) is 5.32 Å². The number of pyridine rings is 1. The van der Waals surface area contributed by atoms with Crippen LogP contribution in [0.1, 0.15) is 12.1 Å². The Balaban J connectivity index is 1.59. The summed E-state index contributed by atoms with van der Waals surface area (Å²) in [5.74, 6) is -0.567. The number of hydrogen-bond donors (Lipinski definition) is 1. The standard InChI is InChI=1S/C22H17ClFN3O/c23-16-9-7-15(8-10-16)22-19(27-13-2-1-6-20(27)26-22)11-12-21(28)25-18-5-3-4-17(24)14-18/h1-10,13-14H,11-12H2,(H,25,28). The third-order valence-corrected chi connectivity index (χ3v) is 4.70. The molecule has 0 atom stereocenters. The molecule has 0 aliphatic heterocycles. The highest BCUT2D eigenvalue weighted by Gasteiger charge is 2.15. The molecular weight excluding hydrogens is 377 g/mol. The fraction of sp³-hybridized carbons (Fsp3) is 0.0909. The number of nitrogens with one attached hydrogen (secondary N) is 1. The fourth-order valence-electron chi connectivity index (χ4n) is 3.15. The van der Waals surface area contributed by atoms with Crippen LogP contribution in [0.5, 0.6) is 0 Å². The summed E-state index contributed by atoms with van der Waals surface area (Å²) in [6.07, 6.45) is 2.67. The van der Waals surface area contributed by atoms with Gasteiger partial charge in [0, 0.05) is 28.9 Å². The highest BCUT2D eigenvalue weighted by molar-refractivity contribution is 6.30. The molecule has 4 aromatic rings. The van der Waals surface area contributed by atoms with Crippen LogP contribution in [-0.4, -0.2) is 15.3 Å². The van der Waals surface area contributed by atoms with Gasteiger partial charge < -0.3 is 9.72 Å². The number of fused-ring (bicyclic) bond motifs is 1. The second-order valence-electron chi connectivity index (χ2n) is 6.40. The van der Waals surface area contributed by atoms with Crippen molar-refractivity contribution in [3.63, 3.8) is 0 Å². The maximum Gasteiger partial charge on any atom is 0.224 e. The summed E-state index contributed by atoms with van der Waals surface area (Å²) >= 11 is 6.00.